The monoisotopic (exact) mass is 553 g/mol. The molecule has 0 heterocycles. The van der Waals surface area contributed by atoms with Gasteiger partial charge in [-0.1, -0.05) is 36.4 Å². The first-order chi connectivity index (χ1) is 14.9. The fourth-order valence-corrected chi connectivity index (χ4v) is 4.95. The van der Waals surface area contributed by atoms with E-state index in [4.69, 9.17) is 15.3 Å². The van der Waals surface area contributed by atoms with Crippen molar-refractivity contribution in [3.05, 3.63) is 107 Å². The average molecular weight is 554 g/mol. The van der Waals surface area contributed by atoms with E-state index in [1.165, 1.54) is 33.4 Å². The summed E-state index contributed by atoms with van der Waals surface area (Å²) in [4.78, 5) is 0. The number of benzene rings is 4. The Hall–Kier alpha value is -2.45. The maximum absolute atomic E-state index is 5.94. The second kappa shape index (κ2) is 13.3. The molecule has 0 fully saturated rings. The van der Waals surface area contributed by atoms with Crippen molar-refractivity contribution >= 4 is 19.3 Å². The van der Waals surface area contributed by atoms with Crippen LogP contribution < -0.4 is 22.1 Å². The second-order valence-electron chi connectivity index (χ2n) is 7.58. The molecule has 8 N–H and O–H groups in total. The zero-order valence-corrected chi connectivity index (χ0v) is 22.1. The topological polar surface area (TPSA) is 96.0 Å². The number of hydrogen-bond donors (Lipinski definition) is 3. The summed E-state index contributed by atoms with van der Waals surface area (Å²) in [5.74, 6) is 0. The summed E-state index contributed by atoms with van der Waals surface area (Å²) in [6, 6.07) is 28.9. The molecule has 178 valence electrons. The van der Waals surface area contributed by atoms with E-state index in [2.05, 4.69) is 70.2 Å². The Bertz CT molecular complexity index is 1180. The minimum absolute atomic E-state index is 0. The standard InChI is InChI=1S/C16H18.C12H10N.ClH.2H3N.Pd/c1-11-10-16(14(4)13(3)12(11)2)15-8-6-5-7-9-15;13-12-9-5-4-8-11(12)10-6-2-1-3-7-10;;;;/h5-10H,1-4H3;1-6,8-9H,13H2;1H;2*1H3;/q;;;;;+1/p-1. The Morgan fingerprint density at radius 3 is 1.76 bits per heavy atom. The summed E-state index contributed by atoms with van der Waals surface area (Å²) in [6.45, 7) is 8.81. The number of anilines is 1. The van der Waals surface area contributed by atoms with Crippen LogP contribution >= 0.6 is 9.53 Å². The third kappa shape index (κ3) is 6.77. The summed E-state index contributed by atoms with van der Waals surface area (Å²) in [5.41, 5.74) is 17.2. The molecule has 0 bridgehead atoms. The number of rotatable bonds is 3. The Labute approximate surface area is 210 Å². The summed E-state index contributed by atoms with van der Waals surface area (Å²) in [5, 5.41) is 0. The second-order valence-corrected chi connectivity index (χ2v) is 9.41. The van der Waals surface area contributed by atoms with Gasteiger partial charge < -0.3 is 12.3 Å². The molecule has 33 heavy (non-hydrogen) atoms. The Kier molecular flexibility index (Phi) is 11.5. The van der Waals surface area contributed by atoms with Crippen LogP contribution in [0.3, 0.4) is 0 Å². The van der Waals surface area contributed by atoms with Gasteiger partial charge in [0, 0.05) is 0 Å². The van der Waals surface area contributed by atoms with Gasteiger partial charge in [0.2, 0.25) is 0 Å². The molecule has 0 aliphatic heterocycles. The SMILES string of the molecule is Cc1cc(-c2ccccc2)c(C)c(C)c1C.N.N.Nc1ccccc1-c1cccc[c]1[Pd][Cl]. The van der Waals surface area contributed by atoms with Crippen LogP contribution in [0.2, 0.25) is 0 Å². The Balaban J connectivity index is 0.000000312. The van der Waals surface area contributed by atoms with E-state index < -0.39 is 0 Å². The molecule has 0 aromatic heterocycles. The van der Waals surface area contributed by atoms with Gasteiger partial charge in [-0.3, -0.25) is 0 Å². The first kappa shape index (κ1) is 28.6. The van der Waals surface area contributed by atoms with Gasteiger partial charge in [-0.25, -0.2) is 0 Å². The van der Waals surface area contributed by atoms with Gasteiger partial charge in [0.15, 0.2) is 0 Å². The van der Waals surface area contributed by atoms with Crippen LogP contribution in [0.1, 0.15) is 22.3 Å². The van der Waals surface area contributed by atoms with E-state index in [-0.39, 0.29) is 29.3 Å². The van der Waals surface area contributed by atoms with E-state index in [0.29, 0.717) is 0 Å². The third-order valence-corrected chi connectivity index (χ3v) is 7.48. The van der Waals surface area contributed by atoms with Gasteiger partial charge in [0.05, 0.1) is 0 Å². The normalized spacial score (nSPS) is 9.85. The molecule has 0 unspecified atom stereocenters. The van der Waals surface area contributed by atoms with E-state index in [1.807, 2.05) is 42.5 Å². The Morgan fingerprint density at radius 2 is 1.15 bits per heavy atom. The molecule has 0 saturated heterocycles. The van der Waals surface area contributed by atoms with Gasteiger partial charge >= 0.3 is 102 Å². The van der Waals surface area contributed by atoms with E-state index in [1.54, 1.807) is 0 Å². The van der Waals surface area contributed by atoms with Gasteiger partial charge in [-0.15, -0.1) is 0 Å². The van der Waals surface area contributed by atoms with Crippen molar-refractivity contribution in [2.75, 3.05) is 5.73 Å². The number of nitrogens with two attached hydrogens (primary N) is 1. The number of nitrogen functional groups attached to an aromatic ring is 1. The summed E-state index contributed by atoms with van der Waals surface area (Å²) >= 11 is 0.0778. The van der Waals surface area contributed by atoms with Crippen LogP contribution in [0, 0.1) is 27.7 Å². The van der Waals surface area contributed by atoms with Gasteiger partial charge in [0.25, 0.3) is 0 Å². The van der Waals surface area contributed by atoms with Crippen LogP contribution in [0.15, 0.2) is 84.9 Å². The van der Waals surface area contributed by atoms with Crippen LogP contribution in [0.4, 0.5) is 5.69 Å². The van der Waals surface area contributed by atoms with Crippen molar-refractivity contribution < 1.29 is 17.0 Å². The first-order valence-electron chi connectivity index (χ1n) is 10.2. The predicted molar refractivity (Wildman–Crippen MR) is 143 cm³/mol. The quantitative estimate of drug-likeness (QED) is 0.179. The molecule has 0 saturated carbocycles. The van der Waals surface area contributed by atoms with Crippen molar-refractivity contribution in [2.45, 2.75) is 27.7 Å². The molecule has 0 atom stereocenters. The molecule has 4 aromatic rings. The maximum atomic E-state index is 5.94. The molecule has 0 amide bonds. The van der Waals surface area contributed by atoms with Crippen LogP contribution in [0.25, 0.3) is 22.3 Å². The molecule has 0 aliphatic carbocycles. The van der Waals surface area contributed by atoms with Gasteiger partial charge in [-0.2, -0.15) is 0 Å². The van der Waals surface area contributed by atoms with Crippen molar-refractivity contribution in [3.63, 3.8) is 0 Å². The number of halogens is 1. The van der Waals surface area contributed by atoms with E-state index >= 15 is 0 Å². The molecule has 5 heteroatoms. The van der Waals surface area contributed by atoms with Crippen LogP contribution in [-0.4, -0.2) is 0 Å². The Morgan fingerprint density at radius 1 is 0.606 bits per heavy atom. The third-order valence-electron chi connectivity index (χ3n) is 5.73. The average Bonchev–Trinajstić information content (AvgIpc) is 2.81. The van der Waals surface area contributed by atoms with E-state index in [9.17, 15) is 0 Å². The van der Waals surface area contributed by atoms with Crippen LogP contribution in [0.5, 0.6) is 0 Å². The first-order valence-corrected chi connectivity index (χ1v) is 13.0. The van der Waals surface area contributed by atoms with Crippen LogP contribution in [-0.2, 0) is 17.0 Å². The summed E-state index contributed by atoms with van der Waals surface area (Å²) in [7, 11) is 5.94. The fraction of sp³-hybridized carbons (Fsp3) is 0.143. The molecular weight excluding hydrogens is 520 g/mol. The predicted octanol–water partition coefficient (Wildman–Crippen LogP) is 7.71. The molecule has 0 spiro atoms. The zero-order chi connectivity index (χ0) is 22.4. The zero-order valence-electron chi connectivity index (χ0n) is 19.8. The summed E-state index contributed by atoms with van der Waals surface area (Å²) in [6.07, 6.45) is 0. The van der Waals surface area contributed by atoms with Gasteiger partial charge in [0.1, 0.15) is 0 Å². The van der Waals surface area contributed by atoms with Crippen molar-refractivity contribution in [2.24, 2.45) is 0 Å². The molecule has 0 radical (unpaired) electrons. The number of para-hydroxylation sites is 1. The van der Waals surface area contributed by atoms with E-state index in [0.717, 1.165) is 20.9 Å². The molecule has 4 rings (SSSR count). The molecule has 4 aromatic carbocycles. The molecule has 0 aliphatic rings. The summed E-state index contributed by atoms with van der Waals surface area (Å²) < 4.78 is 1.16. The molecule has 3 nitrogen and oxygen atoms in total. The number of aryl methyl sites for hydroxylation is 1. The van der Waals surface area contributed by atoms with Crippen molar-refractivity contribution in [1.29, 1.82) is 0 Å². The van der Waals surface area contributed by atoms with Crippen molar-refractivity contribution in [3.8, 4) is 22.3 Å². The fourth-order valence-electron chi connectivity index (χ4n) is 3.58. The molecular formula is C28H34ClN3Pd. The van der Waals surface area contributed by atoms with Crippen molar-refractivity contribution in [1.82, 2.24) is 12.3 Å². The number of hydrogen-bond acceptors (Lipinski definition) is 3. The minimum atomic E-state index is 0. The van der Waals surface area contributed by atoms with Gasteiger partial charge in [-0.05, 0) is 61.1 Å².